The molecule has 3 aromatic carbocycles. The number of hydrogen-bond acceptors (Lipinski definition) is 4. The molecule has 1 heterocycles. The van der Waals surface area contributed by atoms with Crippen molar-refractivity contribution in [3.8, 4) is 0 Å². The quantitative estimate of drug-likeness (QED) is 0.481. The molecule has 0 aromatic heterocycles. The van der Waals surface area contributed by atoms with Crippen molar-refractivity contribution in [2.45, 2.75) is 55.5 Å². The maximum absolute atomic E-state index is 13.0. The van der Waals surface area contributed by atoms with Gasteiger partial charge in [-0.1, -0.05) is 47.7 Å². The van der Waals surface area contributed by atoms with Crippen LogP contribution in [0, 0.1) is 20.8 Å². The van der Waals surface area contributed by atoms with E-state index in [0.717, 1.165) is 29.1 Å². The number of hydrogen-bond donors (Lipinski definition) is 3. The molecule has 4 rings (SSSR count). The molecular weight excluding hydrogens is 414 g/mol. The van der Waals surface area contributed by atoms with Crippen LogP contribution in [0.5, 0.6) is 0 Å². The molecule has 166 valence electrons. The zero-order chi connectivity index (χ0) is 22.7. The third-order valence-corrected chi connectivity index (χ3v) is 7.04. The Balaban J connectivity index is 1.48. The highest BCUT2D eigenvalue weighted by Crippen LogP contribution is 2.36. The first-order valence-corrected chi connectivity index (χ1v) is 12.0. The first-order valence-electron chi connectivity index (χ1n) is 11.1. The summed E-state index contributed by atoms with van der Waals surface area (Å²) in [6, 6.07) is 20.4. The smallest absolute Gasteiger partial charge is 0.237 e. The molecule has 32 heavy (non-hydrogen) atoms. The second kappa shape index (κ2) is 9.80. The van der Waals surface area contributed by atoms with E-state index in [1.807, 2.05) is 18.2 Å². The van der Waals surface area contributed by atoms with E-state index in [9.17, 15) is 4.79 Å². The molecule has 3 aromatic rings. The number of benzene rings is 3. The van der Waals surface area contributed by atoms with Gasteiger partial charge >= 0.3 is 0 Å². The Labute approximate surface area is 195 Å². The monoisotopic (exact) mass is 445 g/mol. The molecule has 2 atom stereocenters. The third-order valence-electron chi connectivity index (χ3n) is 6.04. The van der Waals surface area contributed by atoms with Gasteiger partial charge in [0.05, 0.1) is 12.1 Å². The van der Waals surface area contributed by atoms with Crippen LogP contribution in [0.4, 0.5) is 5.69 Å². The summed E-state index contributed by atoms with van der Waals surface area (Å²) in [5.41, 5.74) is 13.4. The Morgan fingerprint density at radius 3 is 2.50 bits per heavy atom. The van der Waals surface area contributed by atoms with Crippen molar-refractivity contribution in [2.75, 3.05) is 11.9 Å². The number of nitrogens with two attached hydrogens (primary N) is 1. The van der Waals surface area contributed by atoms with Crippen LogP contribution in [0.25, 0.3) is 0 Å². The first kappa shape index (κ1) is 22.4. The normalized spacial score (nSPS) is 16.1. The minimum atomic E-state index is -0.574. The highest BCUT2D eigenvalue weighted by atomic mass is 32.2. The molecular formula is C27H31N3OS. The van der Waals surface area contributed by atoms with Crippen LogP contribution >= 0.6 is 11.8 Å². The number of nitrogens with one attached hydrogen (secondary N) is 2. The molecule has 5 heteroatoms. The molecule has 0 spiro atoms. The predicted octanol–water partition coefficient (Wildman–Crippen LogP) is 5.31. The van der Waals surface area contributed by atoms with Crippen molar-refractivity contribution in [3.05, 3.63) is 88.5 Å². The van der Waals surface area contributed by atoms with Crippen molar-refractivity contribution in [2.24, 2.45) is 5.73 Å². The molecule has 0 radical (unpaired) electrons. The molecule has 4 nitrogen and oxygen atoms in total. The van der Waals surface area contributed by atoms with Crippen LogP contribution in [-0.2, 0) is 11.2 Å². The van der Waals surface area contributed by atoms with E-state index < -0.39 is 6.04 Å². The minimum absolute atomic E-state index is 0.0404. The highest BCUT2D eigenvalue weighted by Gasteiger charge is 2.25. The second-order valence-electron chi connectivity index (χ2n) is 8.63. The SMILES string of the molecule is Cc1cc(C)c(CC(N)C(=O)NC2CCNc3ccc(Sc4ccccc4)cc32)c(C)c1. The van der Waals surface area contributed by atoms with E-state index in [1.165, 1.54) is 27.1 Å². The Morgan fingerprint density at radius 2 is 1.78 bits per heavy atom. The van der Waals surface area contributed by atoms with Crippen LogP contribution in [0.2, 0.25) is 0 Å². The number of carbonyl (C=O) groups excluding carboxylic acids is 1. The Morgan fingerprint density at radius 1 is 1.06 bits per heavy atom. The second-order valence-corrected chi connectivity index (χ2v) is 9.78. The number of carbonyl (C=O) groups is 1. The van der Waals surface area contributed by atoms with Gasteiger partial charge in [-0.05, 0) is 86.2 Å². The first-order chi connectivity index (χ1) is 15.4. The topological polar surface area (TPSA) is 67.2 Å². The maximum Gasteiger partial charge on any atom is 0.237 e. The molecule has 0 aliphatic carbocycles. The molecule has 1 aliphatic heterocycles. The fourth-order valence-corrected chi connectivity index (χ4v) is 5.35. The zero-order valence-electron chi connectivity index (χ0n) is 18.9. The Hall–Kier alpha value is -2.76. The van der Waals surface area contributed by atoms with Crippen LogP contribution in [0.15, 0.2) is 70.5 Å². The Bertz CT molecular complexity index is 1090. The lowest BCUT2D eigenvalue weighted by atomic mass is 9.93. The van der Waals surface area contributed by atoms with Gasteiger partial charge in [-0.25, -0.2) is 0 Å². The van der Waals surface area contributed by atoms with Crippen molar-refractivity contribution in [1.82, 2.24) is 5.32 Å². The van der Waals surface area contributed by atoms with Gasteiger partial charge in [0.2, 0.25) is 5.91 Å². The predicted molar refractivity (Wildman–Crippen MR) is 133 cm³/mol. The molecule has 1 amide bonds. The fraction of sp³-hybridized carbons (Fsp3) is 0.296. The minimum Gasteiger partial charge on any atom is -0.385 e. The summed E-state index contributed by atoms with van der Waals surface area (Å²) in [6.45, 7) is 7.10. The molecule has 0 fully saturated rings. The lowest BCUT2D eigenvalue weighted by Gasteiger charge is -2.29. The maximum atomic E-state index is 13.0. The van der Waals surface area contributed by atoms with Crippen molar-refractivity contribution < 1.29 is 4.79 Å². The average molecular weight is 446 g/mol. The standard InChI is InChI=1S/C27H31N3OS/c1-17-13-18(2)22(19(3)14-17)16-24(28)27(31)30-26-11-12-29-25-10-9-21(15-23(25)26)32-20-7-5-4-6-8-20/h4-10,13-15,24,26,29H,11-12,16,28H2,1-3H3,(H,30,31). The lowest BCUT2D eigenvalue weighted by Crippen LogP contribution is -2.44. The highest BCUT2D eigenvalue weighted by molar-refractivity contribution is 7.99. The van der Waals surface area contributed by atoms with Gasteiger partial charge in [-0.15, -0.1) is 0 Å². The van der Waals surface area contributed by atoms with E-state index in [2.05, 4.69) is 73.9 Å². The van der Waals surface area contributed by atoms with Gasteiger partial charge in [0, 0.05) is 22.0 Å². The van der Waals surface area contributed by atoms with Crippen LogP contribution < -0.4 is 16.4 Å². The summed E-state index contributed by atoms with van der Waals surface area (Å²) in [4.78, 5) is 15.4. The lowest BCUT2D eigenvalue weighted by molar-refractivity contribution is -0.123. The largest absolute Gasteiger partial charge is 0.385 e. The summed E-state index contributed by atoms with van der Waals surface area (Å²) in [7, 11) is 0. The third kappa shape index (κ3) is 5.17. The number of anilines is 1. The molecule has 0 saturated carbocycles. The van der Waals surface area contributed by atoms with Gasteiger partial charge < -0.3 is 16.4 Å². The van der Waals surface area contributed by atoms with Crippen LogP contribution in [0.3, 0.4) is 0 Å². The summed E-state index contributed by atoms with van der Waals surface area (Å²) in [5, 5.41) is 6.68. The number of rotatable bonds is 6. The number of fused-ring (bicyclic) bond motifs is 1. The summed E-state index contributed by atoms with van der Waals surface area (Å²) in [6.07, 6.45) is 1.39. The molecule has 4 N–H and O–H groups in total. The fourth-order valence-electron chi connectivity index (χ4n) is 4.46. The average Bonchev–Trinajstić information content (AvgIpc) is 2.77. The molecule has 0 saturated heterocycles. The van der Waals surface area contributed by atoms with Gasteiger partial charge in [0.25, 0.3) is 0 Å². The van der Waals surface area contributed by atoms with Gasteiger partial charge in [0.1, 0.15) is 0 Å². The summed E-state index contributed by atoms with van der Waals surface area (Å²) in [5.74, 6) is -0.0941. The van der Waals surface area contributed by atoms with E-state index in [1.54, 1.807) is 11.8 Å². The van der Waals surface area contributed by atoms with Crippen molar-refractivity contribution in [3.63, 3.8) is 0 Å². The Kier molecular flexibility index (Phi) is 6.87. The number of aryl methyl sites for hydroxylation is 3. The van der Waals surface area contributed by atoms with E-state index >= 15 is 0 Å². The zero-order valence-corrected chi connectivity index (χ0v) is 19.8. The van der Waals surface area contributed by atoms with Gasteiger partial charge in [-0.2, -0.15) is 0 Å². The summed E-state index contributed by atoms with van der Waals surface area (Å²) >= 11 is 1.73. The molecule has 1 aliphatic rings. The summed E-state index contributed by atoms with van der Waals surface area (Å²) < 4.78 is 0. The van der Waals surface area contributed by atoms with Gasteiger partial charge in [0.15, 0.2) is 0 Å². The van der Waals surface area contributed by atoms with Crippen LogP contribution in [-0.4, -0.2) is 18.5 Å². The van der Waals surface area contributed by atoms with E-state index in [0.29, 0.717) is 6.42 Å². The van der Waals surface area contributed by atoms with Crippen molar-refractivity contribution in [1.29, 1.82) is 0 Å². The molecule has 2 unspecified atom stereocenters. The van der Waals surface area contributed by atoms with Gasteiger partial charge in [-0.3, -0.25) is 4.79 Å². The number of amides is 1. The van der Waals surface area contributed by atoms with E-state index in [4.69, 9.17) is 5.73 Å². The van der Waals surface area contributed by atoms with Crippen LogP contribution in [0.1, 0.15) is 40.3 Å². The molecule has 0 bridgehead atoms. The van der Waals surface area contributed by atoms with Crippen molar-refractivity contribution >= 4 is 23.4 Å². The van der Waals surface area contributed by atoms with E-state index in [-0.39, 0.29) is 11.9 Å².